The van der Waals surface area contributed by atoms with E-state index in [1.807, 2.05) is 0 Å². The van der Waals surface area contributed by atoms with Gasteiger partial charge in [0.05, 0.1) is 4.91 Å². The first-order valence-corrected chi connectivity index (χ1v) is 4.95. The van der Waals surface area contributed by atoms with Crippen LogP contribution in [-0.4, -0.2) is 10.4 Å². The van der Waals surface area contributed by atoms with E-state index in [2.05, 4.69) is 13.2 Å². The molecule has 0 spiro atoms. The highest BCUT2D eigenvalue weighted by molar-refractivity contribution is 8.11. The molecular formula is C7H6ClF3OS. The second-order valence-electron chi connectivity index (χ2n) is 2.00. The Bertz CT molecular complexity index is 280. The van der Waals surface area contributed by atoms with E-state index in [4.69, 9.17) is 10.7 Å². The molecule has 1 unspecified atom stereocenters. The molecule has 0 aliphatic heterocycles. The Hall–Kier alpha value is -0.550. The molecule has 0 heterocycles. The van der Waals surface area contributed by atoms with E-state index in [9.17, 15) is 17.4 Å². The van der Waals surface area contributed by atoms with Crippen molar-refractivity contribution < 1.29 is 17.4 Å². The molecule has 0 rings (SSSR count). The van der Waals surface area contributed by atoms with Crippen LogP contribution in [0.25, 0.3) is 0 Å². The zero-order valence-corrected chi connectivity index (χ0v) is 7.97. The lowest BCUT2D eigenvalue weighted by molar-refractivity contribution is -0.0878. The Morgan fingerprint density at radius 1 is 1.46 bits per heavy atom. The summed E-state index contributed by atoms with van der Waals surface area (Å²) < 4.78 is 46.2. The summed E-state index contributed by atoms with van der Waals surface area (Å²) in [4.78, 5) is -0.219. The van der Waals surface area contributed by atoms with E-state index in [0.29, 0.717) is 6.08 Å². The summed E-state index contributed by atoms with van der Waals surface area (Å²) in [5, 5.41) is 0. The minimum atomic E-state index is -4.54. The third-order valence-electron chi connectivity index (χ3n) is 1.07. The molecule has 0 saturated heterocycles. The van der Waals surface area contributed by atoms with Gasteiger partial charge in [0.15, 0.2) is 0 Å². The Morgan fingerprint density at radius 3 is 2.15 bits per heavy atom. The van der Waals surface area contributed by atoms with Crippen LogP contribution in [0.5, 0.6) is 0 Å². The molecule has 13 heavy (non-hydrogen) atoms. The first kappa shape index (κ1) is 12.4. The molecule has 0 aromatic heterocycles. The number of hydrogen-bond acceptors (Lipinski definition) is 1. The summed E-state index contributed by atoms with van der Waals surface area (Å²) in [6.45, 7) is 5.92. The molecule has 0 radical (unpaired) electrons. The van der Waals surface area contributed by atoms with Crippen molar-refractivity contribution in [2.45, 2.75) is 6.18 Å². The summed E-state index contributed by atoms with van der Waals surface area (Å²) in [5.41, 5.74) is -1.11. The smallest absolute Gasteiger partial charge is 0.237 e. The molecule has 0 amide bonds. The molecule has 1 atom stereocenters. The van der Waals surface area contributed by atoms with E-state index in [1.54, 1.807) is 0 Å². The lowest BCUT2D eigenvalue weighted by atomic mass is 10.2. The maximum Gasteiger partial charge on any atom is 0.415 e. The SMILES string of the molecule is C=C/C(=C\C(=C)C(F)(F)F)S(=O)Cl. The topological polar surface area (TPSA) is 17.1 Å². The van der Waals surface area contributed by atoms with Gasteiger partial charge in [-0.1, -0.05) is 19.2 Å². The predicted molar refractivity (Wildman–Crippen MR) is 47.5 cm³/mol. The Labute approximate surface area is 80.5 Å². The maximum absolute atomic E-state index is 11.9. The normalized spacial score (nSPS) is 15.2. The van der Waals surface area contributed by atoms with Gasteiger partial charge in [-0.25, -0.2) is 4.21 Å². The zero-order valence-electron chi connectivity index (χ0n) is 6.40. The van der Waals surface area contributed by atoms with Crippen molar-refractivity contribution in [3.8, 4) is 0 Å². The lowest BCUT2D eigenvalue weighted by Gasteiger charge is -2.05. The predicted octanol–water partition coefficient (Wildman–Crippen LogP) is 3.08. The van der Waals surface area contributed by atoms with Gasteiger partial charge < -0.3 is 0 Å². The van der Waals surface area contributed by atoms with Crippen molar-refractivity contribution in [1.82, 2.24) is 0 Å². The monoisotopic (exact) mass is 230 g/mol. The van der Waals surface area contributed by atoms with Gasteiger partial charge in [-0.05, 0) is 16.8 Å². The van der Waals surface area contributed by atoms with Gasteiger partial charge in [0.2, 0.25) is 0 Å². The van der Waals surface area contributed by atoms with Crippen LogP contribution in [0.4, 0.5) is 13.2 Å². The fourth-order valence-electron chi connectivity index (χ4n) is 0.424. The number of hydrogen-bond donors (Lipinski definition) is 0. The van der Waals surface area contributed by atoms with Crippen molar-refractivity contribution >= 4 is 20.7 Å². The molecule has 1 nitrogen and oxygen atoms in total. The van der Waals surface area contributed by atoms with Crippen LogP contribution in [0.2, 0.25) is 0 Å². The van der Waals surface area contributed by atoms with Crippen molar-refractivity contribution in [3.63, 3.8) is 0 Å². The number of alkyl halides is 3. The highest BCUT2D eigenvalue weighted by Gasteiger charge is 2.30. The molecule has 0 N–H and O–H groups in total. The van der Waals surface area contributed by atoms with Gasteiger partial charge >= 0.3 is 6.18 Å². The number of rotatable bonds is 3. The molecule has 6 heteroatoms. The van der Waals surface area contributed by atoms with Crippen molar-refractivity contribution in [2.24, 2.45) is 0 Å². The lowest BCUT2D eigenvalue weighted by Crippen LogP contribution is -2.09. The summed E-state index contributed by atoms with van der Waals surface area (Å²) in [7, 11) is 3.06. The second kappa shape index (κ2) is 4.62. The summed E-state index contributed by atoms with van der Waals surface area (Å²) in [6, 6.07) is 0. The van der Waals surface area contributed by atoms with Crippen molar-refractivity contribution in [2.75, 3.05) is 0 Å². The van der Waals surface area contributed by atoms with Crippen LogP contribution in [0.3, 0.4) is 0 Å². The van der Waals surface area contributed by atoms with Crippen molar-refractivity contribution in [3.05, 3.63) is 35.8 Å². The fourth-order valence-corrected chi connectivity index (χ4v) is 1.11. The molecule has 0 aliphatic carbocycles. The molecule has 0 aromatic carbocycles. The summed E-state index contributed by atoms with van der Waals surface area (Å²) >= 11 is 0. The van der Waals surface area contributed by atoms with E-state index < -0.39 is 21.8 Å². The zero-order chi connectivity index (χ0) is 10.6. The second-order valence-corrected chi connectivity index (χ2v) is 3.76. The standard InChI is InChI=1S/C7H6ClF3OS/c1-3-6(13(8)12)4-5(2)7(9,10)11/h3-4H,1-2H2/b6-4+. The van der Waals surface area contributed by atoms with Crippen LogP contribution >= 0.6 is 10.7 Å². The molecule has 74 valence electrons. The molecule has 0 bridgehead atoms. The van der Waals surface area contributed by atoms with Gasteiger partial charge in [0, 0.05) is 5.57 Å². The van der Waals surface area contributed by atoms with Gasteiger partial charge in [-0.2, -0.15) is 13.2 Å². The van der Waals surface area contributed by atoms with Gasteiger partial charge in [0.1, 0.15) is 10.0 Å². The minimum Gasteiger partial charge on any atom is -0.237 e. The van der Waals surface area contributed by atoms with Crippen LogP contribution in [0, 0.1) is 0 Å². The highest BCUT2D eigenvalue weighted by Crippen LogP contribution is 2.26. The maximum atomic E-state index is 11.9. The summed E-state index contributed by atoms with van der Waals surface area (Å²) in [5.74, 6) is 0. The van der Waals surface area contributed by atoms with Gasteiger partial charge in [0.25, 0.3) is 0 Å². The summed E-state index contributed by atoms with van der Waals surface area (Å²) in [6.07, 6.45) is -2.96. The molecule has 0 saturated carbocycles. The van der Waals surface area contributed by atoms with Crippen molar-refractivity contribution in [1.29, 1.82) is 0 Å². The molecule has 0 aliphatic rings. The minimum absolute atomic E-state index is 0.219. The quantitative estimate of drug-likeness (QED) is 0.538. The molecular weight excluding hydrogens is 225 g/mol. The fraction of sp³-hybridized carbons (Fsp3) is 0.143. The van der Waals surface area contributed by atoms with Crippen LogP contribution in [0.15, 0.2) is 35.8 Å². The number of allylic oxidation sites excluding steroid dienone is 3. The number of halogens is 4. The molecule has 0 aromatic rings. The van der Waals surface area contributed by atoms with Gasteiger partial charge in [-0.3, -0.25) is 0 Å². The largest absolute Gasteiger partial charge is 0.415 e. The first-order valence-electron chi connectivity index (χ1n) is 2.97. The Morgan fingerprint density at radius 2 is 1.92 bits per heavy atom. The average molecular weight is 231 g/mol. The van der Waals surface area contributed by atoms with E-state index in [0.717, 1.165) is 6.08 Å². The van der Waals surface area contributed by atoms with Gasteiger partial charge in [-0.15, -0.1) is 0 Å². The highest BCUT2D eigenvalue weighted by atomic mass is 35.7. The third-order valence-corrected chi connectivity index (χ3v) is 2.26. The van der Waals surface area contributed by atoms with Crippen LogP contribution in [-0.2, 0) is 10.0 Å². The first-order chi connectivity index (χ1) is 5.79. The van der Waals surface area contributed by atoms with E-state index >= 15 is 0 Å². The van der Waals surface area contributed by atoms with E-state index in [1.165, 1.54) is 0 Å². The Balaban J connectivity index is 4.83. The molecule has 0 fully saturated rings. The third kappa shape index (κ3) is 4.28. The van der Waals surface area contributed by atoms with Crippen LogP contribution < -0.4 is 0 Å². The average Bonchev–Trinajstić information content (AvgIpc) is 1.96. The van der Waals surface area contributed by atoms with Crippen LogP contribution in [0.1, 0.15) is 0 Å². The Kier molecular flexibility index (Phi) is 4.43. The van der Waals surface area contributed by atoms with E-state index in [-0.39, 0.29) is 4.91 Å².